The lowest BCUT2D eigenvalue weighted by molar-refractivity contribution is 0.0730. The highest BCUT2D eigenvalue weighted by atomic mass is 35.5. The predicted molar refractivity (Wildman–Crippen MR) is 110 cm³/mol. The number of rotatable bonds is 5. The van der Waals surface area contributed by atoms with Crippen LogP contribution in [-0.4, -0.2) is 40.7 Å². The summed E-state index contributed by atoms with van der Waals surface area (Å²) in [6.45, 7) is 0.763. The minimum atomic E-state index is -0.00817. The molecule has 0 spiro atoms. The molecular formula is C22H22ClN3O2. The number of likely N-dealkylation sites (tertiary alicyclic amines) is 1. The average molecular weight is 396 g/mol. The Morgan fingerprint density at radius 1 is 1.25 bits per heavy atom. The van der Waals surface area contributed by atoms with Crippen molar-refractivity contribution in [3.63, 3.8) is 0 Å². The number of nitrogens with zero attached hydrogens (tertiary/aromatic N) is 2. The third-order valence-corrected chi connectivity index (χ3v) is 5.41. The maximum absolute atomic E-state index is 13.1. The number of ether oxygens (including phenoxy) is 1. The Morgan fingerprint density at radius 2 is 2.11 bits per heavy atom. The van der Waals surface area contributed by atoms with Gasteiger partial charge in [0.1, 0.15) is 11.4 Å². The number of aromatic nitrogens is 2. The van der Waals surface area contributed by atoms with Crippen molar-refractivity contribution in [3.05, 3.63) is 70.9 Å². The van der Waals surface area contributed by atoms with Crippen LogP contribution in [0.5, 0.6) is 5.75 Å². The highest BCUT2D eigenvalue weighted by Crippen LogP contribution is 2.26. The van der Waals surface area contributed by atoms with Crippen molar-refractivity contribution < 1.29 is 9.53 Å². The molecule has 1 N–H and O–H groups in total. The van der Waals surface area contributed by atoms with Gasteiger partial charge in [-0.1, -0.05) is 35.9 Å². The summed E-state index contributed by atoms with van der Waals surface area (Å²) in [5, 5.41) is 7.85. The Labute approximate surface area is 169 Å². The SMILES string of the molecule is COc1cccc(CC2CCCN2C(=O)c2cc(-c3cccc(Cl)c3)n[nH]2)c1. The number of nitrogens with one attached hydrogen (secondary N) is 1. The molecule has 0 bridgehead atoms. The molecule has 1 atom stereocenters. The smallest absolute Gasteiger partial charge is 0.272 e. The van der Waals surface area contributed by atoms with Gasteiger partial charge in [-0.2, -0.15) is 5.10 Å². The zero-order valence-electron chi connectivity index (χ0n) is 15.7. The lowest BCUT2D eigenvalue weighted by atomic mass is 10.0. The zero-order valence-corrected chi connectivity index (χ0v) is 16.4. The Kier molecular flexibility index (Phi) is 5.35. The first-order valence-corrected chi connectivity index (χ1v) is 9.77. The molecule has 1 aliphatic heterocycles. The number of benzene rings is 2. The number of halogens is 1. The minimum absolute atomic E-state index is 0.00817. The van der Waals surface area contributed by atoms with E-state index in [1.54, 1.807) is 13.2 Å². The van der Waals surface area contributed by atoms with Crippen LogP contribution in [0, 0.1) is 0 Å². The quantitative estimate of drug-likeness (QED) is 0.687. The third kappa shape index (κ3) is 3.90. The van der Waals surface area contributed by atoms with Crippen LogP contribution in [0.4, 0.5) is 0 Å². The molecule has 5 nitrogen and oxygen atoms in total. The molecule has 1 saturated heterocycles. The Hall–Kier alpha value is -2.79. The van der Waals surface area contributed by atoms with Crippen LogP contribution >= 0.6 is 11.6 Å². The number of carbonyl (C=O) groups is 1. The van der Waals surface area contributed by atoms with Crippen molar-refractivity contribution in [1.29, 1.82) is 0 Å². The molecular weight excluding hydrogens is 374 g/mol. The molecule has 1 aromatic heterocycles. The molecule has 1 amide bonds. The summed E-state index contributed by atoms with van der Waals surface area (Å²) in [6, 6.07) is 17.5. The van der Waals surface area contributed by atoms with Gasteiger partial charge in [0.2, 0.25) is 0 Å². The van der Waals surface area contributed by atoms with Gasteiger partial charge in [-0.15, -0.1) is 0 Å². The van der Waals surface area contributed by atoms with Gasteiger partial charge in [0.25, 0.3) is 5.91 Å². The molecule has 0 radical (unpaired) electrons. The van der Waals surface area contributed by atoms with Gasteiger partial charge < -0.3 is 9.64 Å². The first kappa shape index (κ1) is 18.6. The number of hydrogen-bond acceptors (Lipinski definition) is 3. The van der Waals surface area contributed by atoms with Crippen LogP contribution in [0.1, 0.15) is 28.9 Å². The fourth-order valence-electron chi connectivity index (χ4n) is 3.77. The van der Waals surface area contributed by atoms with E-state index < -0.39 is 0 Å². The molecule has 3 aromatic rings. The van der Waals surface area contributed by atoms with Gasteiger partial charge in [-0.25, -0.2) is 0 Å². The molecule has 6 heteroatoms. The Balaban J connectivity index is 1.50. The second kappa shape index (κ2) is 8.07. The van der Waals surface area contributed by atoms with Crippen molar-refractivity contribution in [3.8, 4) is 17.0 Å². The minimum Gasteiger partial charge on any atom is -0.497 e. The standard InChI is InChI=1S/C22H22ClN3O2/c1-28-19-9-2-5-15(12-19)11-18-8-4-10-26(18)22(27)21-14-20(24-25-21)16-6-3-7-17(23)13-16/h2-3,5-7,9,12-14,18H,4,8,10-11H2,1H3,(H,24,25). The van der Waals surface area contributed by atoms with Crippen LogP contribution < -0.4 is 4.74 Å². The summed E-state index contributed by atoms with van der Waals surface area (Å²) in [4.78, 5) is 15.0. The van der Waals surface area contributed by atoms with Crippen molar-refractivity contribution in [2.75, 3.05) is 13.7 Å². The number of carbonyl (C=O) groups excluding carboxylic acids is 1. The van der Waals surface area contributed by atoms with Gasteiger partial charge in [0, 0.05) is 23.2 Å². The van der Waals surface area contributed by atoms with Crippen LogP contribution in [-0.2, 0) is 6.42 Å². The Morgan fingerprint density at radius 3 is 2.93 bits per heavy atom. The summed E-state index contributed by atoms with van der Waals surface area (Å²) in [6.07, 6.45) is 2.83. The lowest BCUT2D eigenvalue weighted by Crippen LogP contribution is -2.37. The molecule has 0 saturated carbocycles. The van der Waals surface area contributed by atoms with Crippen LogP contribution in [0.2, 0.25) is 5.02 Å². The summed E-state index contributed by atoms with van der Waals surface area (Å²) in [5.41, 5.74) is 3.28. The molecule has 0 aliphatic carbocycles. The van der Waals surface area contributed by atoms with Gasteiger partial charge >= 0.3 is 0 Å². The monoisotopic (exact) mass is 395 g/mol. The van der Waals surface area contributed by atoms with Gasteiger partial charge in [-0.3, -0.25) is 9.89 Å². The first-order valence-electron chi connectivity index (χ1n) is 9.39. The molecule has 28 heavy (non-hydrogen) atoms. The summed E-state index contributed by atoms with van der Waals surface area (Å²) in [7, 11) is 1.67. The maximum Gasteiger partial charge on any atom is 0.272 e. The van der Waals surface area contributed by atoms with Crippen molar-refractivity contribution in [1.82, 2.24) is 15.1 Å². The zero-order chi connectivity index (χ0) is 19.5. The molecule has 1 unspecified atom stereocenters. The largest absolute Gasteiger partial charge is 0.497 e. The number of H-pyrrole nitrogens is 1. The second-order valence-corrected chi connectivity index (χ2v) is 7.46. The number of aromatic amines is 1. The van der Waals surface area contributed by atoms with Crippen molar-refractivity contribution in [2.45, 2.75) is 25.3 Å². The highest BCUT2D eigenvalue weighted by molar-refractivity contribution is 6.30. The van der Waals surface area contributed by atoms with E-state index in [2.05, 4.69) is 16.3 Å². The first-order chi connectivity index (χ1) is 13.6. The average Bonchev–Trinajstić information content (AvgIpc) is 3.37. The maximum atomic E-state index is 13.1. The molecule has 2 heterocycles. The van der Waals surface area contributed by atoms with E-state index in [1.807, 2.05) is 47.4 Å². The van der Waals surface area contributed by atoms with E-state index in [-0.39, 0.29) is 11.9 Å². The topological polar surface area (TPSA) is 58.2 Å². The summed E-state index contributed by atoms with van der Waals surface area (Å²) >= 11 is 6.06. The Bertz CT molecular complexity index is 985. The highest BCUT2D eigenvalue weighted by Gasteiger charge is 2.30. The van der Waals surface area contributed by atoms with E-state index >= 15 is 0 Å². The van der Waals surface area contributed by atoms with Crippen molar-refractivity contribution in [2.24, 2.45) is 0 Å². The number of amides is 1. The summed E-state index contributed by atoms with van der Waals surface area (Å²) in [5.74, 6) is 0.833. The fourth-order valence-corrected chi connectivity index (χ4v) is 3.96. The van der Waals surface area contributed by atoms with Gasteiger partial charge in [0.05, 0.1) is 12.8 Å². The normalized spacial score (nSPS) is 16.4. The third-order valence-electron chi connectivity index (χ3n) is 5.17. The molecule has 1 fully saturated rings. The van der Waals surface area contributed by atoms with E-state index in [1.165, 1.54) is 5.56 Å². The second-order valence-electron chi connectivity index (χ2n) is 7.03. The fraction of sp³-hybridized carbons (Fsp3) is 0.273. The van der Waals surface area contributed by atoms with Crippen LogP contribution in [0.25, 0.3) is 11.3 Å². The summed E-state index contributed by atoms with van der Waals surface area (Å²) < 4.78 is 5.31. The predicted octanol–water partition coefficient (Wildman–Crippen LogP) is 4.59. The van der Waals surface area contributed by atoms with Crippen molar-refractivity contribution >= 4 is 17.5 Å². The van der Waals surface area contributed by atoms with E-state index in [0.717, 1.165) is 42.8 Å². The number of methoxy groups -OCH3 is 1. The van der Waals surface area contributed by atoms with Crippen LogP contribution in [0.3, 0.4) is 0 Å². The van der Waals surface area contributed by atoms with E-state index in [4.69, 9.17) is 16.3 Å². The van der Waals surface area contributed by atoms with Crippen LogP contribution in [0.15, 0.2) is 54.6 Å². The lowest BCUT2D eigenvalue weighted by Gasteiger charge is -2.24. The van der Waals surface area contributed by atoms with E-state index in [0.29, 0.717) is 10.7 Å². The van der Waals surface area contributed by atoms with Gasteiger partial charge in [0.15, 0.2) is 0 Å². The van der Waals surface area contributed by atoms with E-state index in [9.17, 15) is 4.79 Å². The molecule has 4 rings (SSSR count). The molecule has 1 aliphatic rings. The number of hydrogen-bond donors (Lipinski definition) is 1. The molecule has 2 aromatic carbocycles. The van der Waals surface area contributed by atoms with Gasteiger partial charge in [-0.05, 0) is 55.2 Å². The molecule has 144 valence electrons.